The third kappa shape index (κ3) is 4.40. The van der Waals surface area contributed by atoms with Gasteiger partial charge in [-0.15, -0.1) is 0 Å². The van der Waals surface area contributed by atoms with Gasteiger partial charge in [-0.2, -0.15) is 0 Å². The number of hydrogen-bond donors (Lipinski definition) is 1. The fourth-order valence-corrected chi connectivity index (χ4v) is 4.41. The first kappa shape index (κ1) is 17.0. The number of benzene rings is 1. The van der Waals surface area contributed by atoms with Crippen LogP contribution in [-0.4, -0.2) is 78.5 Å². The zero-order valence-corrected chi connectivity index (χ0v) is 15.1. The van der Waals surface area contributed by atoms with Crippen LogP contribution in [0.25, 0.3) is 0 Å². The summed E-state index contributed by atoms with van der Waals surface area (Å²) in [7, 11) is 0. The van der Waals surface area contributed by atoms with Crippen molar-refractivity contribution in [1.82, 2.24) is 20.0 Å². The molecule has 0 spiro atoms. The zero-order chi connectivity index (χ0) is 17.1. The number of rotatable bonds is 4. The van der Waals surface area contributed by atoms with E-state index >= 15 is 0 Å². The molecule has 3 fully saturated rings. The number of likely N-dealkylation sites (tertiary alicyclic amines) is 1. The third-order valence-electron chi connectivity index (χ3n) is 5.95. The van der Waals surface area contributed by atoms with Crippen LogP contribution in [0.1, 0.15) is 24.8 Å². The molecule has 2 bridgehead atoms. The first-order valence-electron chi connectivity index (χ1n) is 9.79. The molecule has 0 aliphatic carbocycles. The Morgan fingerprint density at radius 3 is 2.44 bits per heavy atom. The highest BCUT2D eigenvalue weighted by Gasteiger charge is 2.31. The minimum Gasteiger partial charge on any atom is -0.340 e. The molecule has 3 aliphatic rings. The summed E-state index contributed by atoms with van der Waals surface area (Å²) < 4.78 is 0. The van der Waals surface area contributed by atoms with Crippen LogP contribution in [0.4, 0.5) is 0 Å². The smallest absolute Gasteiger partial charge is 0.236 e. The van der Waals surface area contributed by atoms with Crippen molar-refractivity contribution in [2.75, 3.05) is 45.8 Å². The van der Waals surface area contributed by atoms with Crippen molar-refractivity contribution in [2.45, 2.75) is 37.9 Å². The van der Waals surface area contributed by atoms with Crippen LogP contribution in [0.3, 0.4) is 0 Å². The van der Waals surface area contributed by atoms with E-state index in [2.05, 4.69) is 50.3 Å². The molecule has 1 amide bonds. The lowest BCUT2D eigenvalue weighted by Gasteiger charge is -2.35. The first-order chi connectivity index (χ1) is 12.3. The number of hydrogen-bond acceptors (Lipinski definition) is 4. The quantitative estimate of drug-likeness (QED) is 0.891. The lowest BCUT2D eigenvalue weighted by Crippen LogP contribution is -2.50. The van der Waals surface area contributed by atoms with Crippen molar-refractivity contribution in [3.8, 4) is 0 Å². The molecule has 3 heterocycles. The summed E-state index contributed by atoms with van der Waals surface area (Å²) in [6.07, 6.45) is 3.63. The molecule has 4 rings (SSSR count). The molecule has 25 heavy (non-hydrogen) atoms. The van der Waals surface area contributed by atoms with Gasteiger partial charge in [-0.05, 0) is 24.8 Å². The van der Waals surface area contributed by atoms with E-state index in [0.717, 1.165) is 52.2 Å². The Bertz CT molecular complexity index is 570. The van der Waals surface area contributed by atoms with Gasteiger partial charge in [0.1, 0.15) is 0 Å². The van der Waals surface area contributed by atoms with Gasteiger partial charge in [-0.3, -0.25) is 14.6 Å². The van der Waals surface area contributed by atoms with E-state index < -0.39 is 0 Å². The summed E-state index contributed by atoms with van der Waals surface area (Å²) in [5.74, 6) is 0.325. The normalized spacial score (nSPS) is 28.1. The lowest BCUT2D eigenvalue weighted by atomic mass is 10.1. The highest BCUT2D eigenvalue weighted by atomic mass is 16.2. The zero-order valence-electron chi connectivity index (χ0n) is 15.1. The van der Waals surface area contributed by atoms with E-state index in [1.807, 2.05) is 0 Å². The summed E-state index contributed by atoms with van der Waals surface area (Å²) in [5.41, 5.74) is 1.37. The molecule has 2 unspecified atom stereocenters. The molecule has 0 radical (unpaired) electrons. The van der Waals surface area contributed by atoms with Crippen LogP contribution in [-0.2, 0) is 11.3 Å². The number of carbonyl (C=O) groups excluding carboxylic acids is 1. The van der Waals surface area contributed by atoms with Crippen LogP contribution in [0, 0.1) is 0 Å². The standard InChI is InChI=1S/C20H30N4O/c25-20(24-9-8-18-6-7-19(15-24)21-18)16-23-12-10-22(11-13-23)14-17-4-2-1-3-5-17/h1-5,18-19,21H,6-16H2. The SMILES string of the molecule is O=C(CN1CCN(Cc2ccccc2)CC1)N1CCC2CCC(C1)N2. The molecule has 136 valence electrons. The Labute approximate surface area is 151 Å². The Morgan fingerprint density at radius 1 is 0.920 bits per heavy atom. The lowest BCUT2D eigenvalue weighted by molar-refractivity contribution is -0.133. The van der Waals surface area contributed by atoms with Crippen molar-refractivity contribution in [3.05, 3.63) is 35.9 Å². The van der Waals surface area contributed by atoms with Gasteiger partial charge in [0.25, 0.3) is 0 Å². The van der Waals surface area contributed by atoms with Gasteiger partial charge < -0.3 is 10.2 Å². The number of carbonyl (C=O) groups is 1. The van der Waals surface area contributed by atoms with E-state index in [9.17, 15) is 4.79 Å². The minimum atomic E-state index is 0.325. The Hall–Kier alpha value is -1.43. The predicted molar refractivity (Wildman–Crippen MR) is 99.3 cm³/mol. The summed E-state index contributed by atoms with van der Waals surface area (Å²) in [5, 5.41) is 3.66. The van der Waals surface area contributed by atoms with Crippen LogP contribution in [0.5, 0.6) is 0 Å². The molecular weight excluding hydrogens is 312 g/mol. The number of piperazine rings is 1. The number of nitrogens with one attached hydrogen (secondary N) is 1. The second-order valence-corrected chi connectivity index (χ2v) is 7.80. The monoisotopic (exact) mass is 342 g/mol. The van der Waals surface area contributed by atoms with Crippen molar-refractivity contribution in [2.24, 2.45) is 0 Å². The Morgan fingerprint density at radius 2 is 1.64 bits per heavy atom. The van der Waals surface area contributed by atoms with Crippen molar-refractivity contribution >= 4 is 5.91 Å². The van der Waals surface area contributed by atoms with Gasteiger partial charge in [0.05, 0.1) is 6.54 Å². The summed E-state index contributed by atoms with van der Waals surface area (Å²) in [6.45, 7) is 7.54. The number of nitrogens with zero attached hydrogens (tertiary/aromatic N) is 3. The van der Waals surface area contributed by atoms with Gasteiger partial charge in [0, 0.05) is 57.9 Å². The molecule has 0 aromatic heterocycles. The molecule has 5 heteroatoms. The van der Waals surface area contributed by atoms with Gasteiger partial charge >= 0.3 is 0 Å². The third-order valence-corrected chi connectivity index (χ3v) is 5.95. The maximum atomic E-state index is 12.7. The van der Waals surface area contributed by atoms with Gasteiger partial charge in [-0.25, -0.2) is 0 Å². The predicted octanol–water partition coefficient (Wildman–Crippen LogP) is 1.16. The summed E-state index contributed by atoms with van der Waals surface area (Å²) in [6, 6.07) is 11.8. The summed E-state index contributed by atoms with van der Waals surface area (Å²) in [4.78, 5) is 19.6. The average molecular weight is 342 g/mol. The molecule has 1 N–H and O–H groups in total. The fraction of sp³-hybridized carbons (Fsp3) is 0.650. The molecule has 1 aromatic rings. The highest BCUT2D eigenvalue weighted by molar-refractivity contribution is 5.78. The van der Waals surface area contributed by atoms with E-state index in [4.69, 9.17) is 0 Å². The fourth-order valence-electron chi connectivity index (χ4n) is 4.41. The molecule has 3 aliphatic heterocycles. The average Bonchev–Trinajstić information content (AvgIpc) is 2.96. The second-order valence-electron chi connectivity index (χ2n) is 7.80. The maximum absolute atomic E-state index is 12.7. The first-order valence-corrected chi connectivity index (χ1v) is 9.79. The van der Waals surface area contributed by atoms with E-state index in [1.54, 1.807) is 0 Å². The summed E-state index contributed by atoms with van der Waals surface area (Å²) >= 11 is 0. The maximum Gasteiger partial charge on any atom is 0.236 e. The number of fused-ring (bicyclic) bond motifs is 2. The van der Waals surface area contributed by atoms with Crippen LogP contribution in [0.2, 0.25) is 0 Å². The molecular formula is C20H30N4O. The molecule has 0 saturated carbocycles. The topological polar surface area (TPSA) is 38.8 Å². The Balaban J connectivity index is 1.22. The van der Waals surface area contributed by atoms with Crippen molar-refractivity contribution in [3.63, 3.8) is 0 Å². The largest absolute Gasteiger partial charge is 0.340 e. The highest BCUT2D eigenvalue weighted by Crippen LogP contribution is 2.20. The molecule has 1 aromatic carbocycles. The van der Waals surface area contributed by atoms with E-state index in [-0.39, 0.29) is 0 Å². The number of amides is 1. The van der Waals surface area contributed by atoms with Gasteiger partial charge in [0.15, 0.2) is 0 Å². The van der Waals surface area contributed by atoms with E-state index in [0.29, 0.717) is 24.5 Å². The van der Waals surface area contributed by atoms with Crippen LogP contribution in [0.15, 0.2) is 30.3 Å². The van der Waals surface area contributed by atoms with Gasteiger partial charge in [-0.1, -0.05) is 30.3 Å². The molecule has 3 saturated heterocycles. The van der Waals surface area contributed by atoms with Crippen LogP contribution < -0.4 is 5.32 Å². The van der Waals surface area contributed by atoms with Crippen molar-refractivity contribution in [1.29, 1.82) is 0 Å². The van der Waals surface area contributed by atoms with E-state index in [1.165, 1.54) is 18.4 Å². The minimum absolute atomic E-state index is 0.325. The van der Waals surface area contributed by atoms with Gasteiger partial charge in [0.2, 0.25) is 5.91 Å². The second kappa shape index (κ2) is 7.85. The molecule has 2 atom stereocenters. The molecule has 5 nitrogen and oxygen atoms in total. The van der Waals surface area contributed by atoms with Crippen LogP contribution >= 0.6 is 0 Å². The Kier molecular flexibility index (Phi) is 5.34. The van der Waals surface area contributed by atoms with Crippen molar-refractivity contribution < 1.29 is 4.79 Å².